The summed E-state index contributed by atoms with van der Waals surface area (Å²) < 4.78 is 1.47. The van der Waals surface area contributed by atoms with Crippen LogP contribution in [0.25, 0.3) is 11.1 Å². The first-order valence-electron chi connectivity index (χ1n) is 4.49. The quantitative estimate of drug-likeness (QED) is 0.588. The summed E-state index contributed by atoms with van der Waals surface area (Å²) in [5.74, 6) is 0. The molecule has 0 saturated heterocycles. The van der Waals surface area contributed by atoms with E-state index in [0.29, 0.717) is 0 Å². The molecule has 0 aliphatic carbocycles. The van der Waals surface area contributed by atoms with Crippen LogP contribution in [0.5, 0.6) is 0 Å². The van der Waals surface area contributed by atoms with Crippen molar-refractivity contribution in [1.82, 2.24) is 0 Å². The molecule has 0 amide bonds. The van der Waals surface area contributed by atoms with Crippen LogP contribution >= 0.6 is 0 Å². The van der Waals surface area contributed by atoms with Crippen molar-refractivity contribution in [3.05, 3.63) is 54.6 Å². The molecule has 0 unspecified atom stereocenters. The van der Waals surface area contributed by atoms with Gasteiger partial charge in [0.2, 0.25) is 0 Å². The Morgan fingerprint density at radius 2 is 1.31 bits per heavy atom. The highest BCUT2D eigenvalue weighted by molar-refractivity contribution is 6.35. The maximum atomic E-state index is 2.20. The molecule has 0 bridgehead atoms. The second-order valence-electron chi connectivity index (χ2n) is 3.18. The molecule has 62 valence electrons. The van der Waals surface area contributed by atoms with E-state index in [1.165, 1.54) is 15.6 Å². The van der Waals surface area contributed by atoms with Gasteiger partial charge in [-0.1, -0.05) is 54.6 Å². The molecule has 2 aromatic carbocycles. The van der Waals surface area contributed by atoms with Gasteiger partial charge in [0.1, 0.15) is 0 Å². The fraction of sp³-hybridized carbons (Fsp3) is 0. The van der Waals surface area contributed by atoms with Gasteiger partial charge in [-0.05, 0) is 11.1 Å². The monoisotopic (exact) mass is 182 g/mol. The highest BCUT2D eigenvalue weighted by Gasteiger charge is 1.97. The summed E-state index contributed by atoms with van der Waals surface area (Å²) in [6.45, 7) is 0. The first kappa shape index (κ1) is 8.57. The Kier molecular flexibility index (Phi) is 2.50. The topological polar surface area (TPSA) is 0 Å². The molecule has 0 radical (unpaired) electrons. The third kappa shape index (κ3) is 1.83. The summed E-state index contributed by atoms with van der Waals surface area (Å²) in [4.78, 5) is 0. The molecule has 0 aromatic heterocycles. The van der Waals surface area contributed by atoms with Crippen LogP contribution in [0.1, 0.15) is 0 Å². The molecule has 0 fully saturated rings. The standard InChI is InChI=1S/C12H9.Al.2H/c1-3-7-11(8-4-1)12-9-5-2-6-10-12;;;/h1-9H;;;. The van der Waals surface area contributed by atoms with Crippen molar-refractivity contribution < 1.29 is 0 Å². The largest absolute Gasteiger partial charge is 0.259 e. The summed E-state index contributed by atoms with van der Waals surface area (Å²) in [5.41, 5.74) is 2.71. The zero-order chi connectivity index (χ0) is 9.10. The summed E-state index contributed by atoms with van der Waals surface area (Å²) in [6.07, 6.45) is 0. The predicted molar refractivity (Wildman–Crippen MR) is 60.1 cm³/mol. The van der Waals surface area contributed by atoms with Crippen LogP contribution in [0.15, 0.2) is 54.6 Å². The molecule has 0 N–H and O–H groups in total. The average Bonchev–Trinajstić information content (AvgIpc) is 2.20. The molecule has 0 saturated carbocycles. The van der Waals surface area contributed by atoms with Crippen LogP contribution in [0.4, 0.5) is 0 Å². The van der Waals surface area contributed by atoms with Crippen LogP contribution in [0.2, 0.25) is 0 Å². The first-order valence-corrected chi connectivity index (χ1v) is 5.49. The molecule has 0 nitrogen and oxygen atoms in total. The van der Waals surface area contributed by atoms with E-state index in [1.807, 2.05) is 0 Å². The molecule has 0 atom stereocenters. The fourth-order valence-electron chi connectivity index (χ4n) is 1.51. The third-order valence-corrected chi connectivity index (χ3v) is 3.10. The molecule has 2 rings (SSSR count). The number of hydrogen-bond donors (Lipinski definition) is 0. The molecular formula is C12H11Al. The van der Waals surface area contributed by atoms with Crippen LogP contribution in [0.3, 0.4) is 0 Å². The lowest BCUT2D eigenvalue weighted by Crippen LogP contribution is -2.04. The Bertz CT molecular complexity index is 393. The maximum absolute atomic E-state index is 2.20. The van der Waals surface area contributed by atoms with Crippen LogP contribution in [0, 0.1) is 0 Å². The van der Waals surface area contributed by atoms with E-state index in [4.69, 9.17) is 0 Å². The average molecular weight is 182 g/mol. The fourth-order valence-corrected chi connectivity index (χ4v) is 2.16. The van der Waals surface area contributed by atoms with E-state index in [1.54, 1.807) is 0 Å². The van der Waals surface area contributed by atoms with Gasteiger partial charge in [-0.3, -0.25) is 0 Å². The van der Waals surface area contributed by atoms with Gasteiger partial charge < -0.3 is 0 Å². The Hall–Kier alpha value is -1.03. The highest BCUT2D eigenvalue weighted by atomic mass is 27.0. The molecule has 0 spiro atoms. The molecule has 0 heterocycles. The van der Waals surface area contributed by atoms with E-state index in [9.17, 15) is 0 Å². The molecule has 0 aliphatic heterocycles. The van der Waals surface area contributed by atoms with Gasteiger partial charge in [-0.25, -0.2) is 0 Å². The molecule has 0 aliphatic rings. The molecule has 2 aromatic rings. The van der Waals surface area contributed by atoms with E-state index >= 15 is 0 Å². The van der Waals surface area contributed by atoms with Crippen molar-refractivity contribution >= 4 is 20.7 Å². The predicted octanol–water partition coefficient (Wildman–Crippen LogP) is 1.61. The second kappa shape index (κ2) is 3.79. The van der Waals surface area contributed by atoms with Crippen LogP contribution in [-0.2, 0) is 0 Å². The summed E-state index contributed by atoms with van der Waals surface area (Å²) >= 11 is 1.11. The lowest BCUT2D eigenvalue weighted by atomic mass is 10.1. The molecule has 13 heavy (non-hydrogen) atoms. The smallest absolute Gasteiger partial charge is 0.113 e. The zero-order valence-electron chi connectivity index (χ0n) is 7.70. The van der Waals surface area contributed by atoms with Crippen molar-refractivity contribution in [3.63, 3.8) is 0 Å². The van der Waals surface area contributed by atoms with E-state index in [-0.39, 0.29) is 0 Å². The van der Waals surface area contributed by atoms with Gasteiger partial charge in [0.25, 0.3) is 16.3 Å². The van der Waals surface area contributed by atoms with E-state index in [2.05, 4.69) is 54.6 Å². The Labute approximate surface area is 86.7 Å². The normalized spacial score (nSPS) is 9.85. The SMILES string of the molecule is [AlH2][c]1ccccc1-c1ccccc1. The van der Waals surface area contributed by atoms with Crippen LogP contribution < -0.4 is 4.43 Å². The highest BCUT2D eigenvalue weighted by Crippen LogP contribution is 2.15. The lowest BCUT2D eigenvalue weighted by molar-refractivity contribution is 1.65. The van der Waals surface area contributed by atoms with Crippen LogP contribution in [-0.4, -0.2) is 16.3 Å². The van der Waals surface area contributed by atoms with E-state index < -0.39 is 0 Å². The number of rotatable bonds is 1. The Morgan fingerprint density at radius 3 is 2.00 bits per heavy atom. The van der Waals surface area contributed by atoms with Crippen molar-refractivity contribution in [3.8, 4) is 11.1 Å². The summed E-state index contributed by atoms with van der Waals surface area (Å²) in [5, 5.41) is 0. The van der Waals surface area contributed by atoms with Crippen molar-refractivity contribution in [2.45, 2.75) is 0 Å². The third-order valence-electron chi connectivity index (χ3n) is 2.23. The Morgan fingerprint density at radius 1 is 0.692 bits per heavy atom. The lowest BCUT2D eigenvalue weighted by Gasteiger charge is -2.04. The summed E-state index contributed by atoms with van der Waals surface area (Å²) in [6, 6.07) is 19.2. The zero-order valence-corrected chi connectivity index (χ0v) is 9.70. The number of benzene rings is 2. The van der Waals surface area contributed by atoms with E-state index in [0.717, 1.165) is 16.3 Å². The van der Waals surface area contributed by atoms with Gasteiger partial charge in [0, 0.05) is 0 Å². The summed E-state index contributed by atoms with van der Waals surface area (Å²) in [7, 11) is 0. The Balaban J connectivity index is 2.54. The van der Waals surface area contributed by atoms with Gasteiger partial charge in [0.15, 0.2) is 0 Å². The molecular weight excluding hydrogens is 171 g/mol. The van der Waals surface area contributed by atoms with Gasteiger partial charge in [-0.2, -0.15) is 0 Å². The minimum absolute atomic E-state index is 1.11. The first-order chi connectivity index (χ1) is 6.38. The van der Waals surface area contributed by atoms with Crippen molar-refractivity contribution in [1.29, 1.82) is 0 Å². The van der Waals surface area contributed by atoms with Crippen molar-refractivity contribution in [2.24, 2.45) is 0 Å². The second-order valence-corrected chi connectivity index (χ2v) is 4.26. The van der Waals surface area contributed by atoms with Gasteiger partial charge >= 0.3 is 0 Å². The van der Waals surface area contributed by atoms with Crippen molar-refractivity contribution in [2.75, 3.05) is 0 Å². The minimum atomic E-state index is 1.11. The van der Waals surface area contributed by atoms with Gasteiger partial charge in [-0.15, -0.1) is 4.43 Å². The maximum Gasteiger partial charge on any atom is 0.259 e. The van der Waals surface area contributed by atoms with Gasteiger partial charge in [0.05, 0.1) is 0 Å². The molecule has 1 heteroatoms. The number of hydrogen-bond acceptors (Lipinski definition) is 0. The minimum Gasteiger partial charge on any atom is -0.113 e.